The van der Waals surface area contributed by atoms with Crippen molar-refractivity contribution in [3.8, 4) is 0 Å². The van der Waals surface area contributed by atoms with Gasteiger partial charge in [0.2, 0.25) is 0 Å². The topological polar surface area (TPSA) is 37.2 Å². The van der Waals surface area contributed by atoms with Crippen molar-refractivity contribution in [1.29, 1.82) is 0 Å². The van der Waals surface area contributed by atoms with Crippen LogP contribution in [0.5, 0.6) is 0 Å². The maximum absolute atomic E-state index is 4.71. The lowest BCUT2D eigenvalue weighted by Crippen LogP contribution is -2.32. The van der Waals surface area contributed by atoms with Crippen LogP contribution in [-0.2, 0) is 7.05 Å². The molecular formula is C24H31N5. The molecule has 2 aliphatic heterocycles. The number of aromatic nitrogens is 3. The smallest absolute Gasteiger partial charge is 0.132 e. The largest absolute Gasteiger partial charge is 0.356 e. The maximum atomic E-state index is 4.71. The third-order valence-corrected chi connectivity index (χ3v) is 7.15. The molecule has 2 aliphatic rings. The first-order valence-corrected chi connectivity index (χ1v) is 10.8. The monoisotopic (exact) mass is 389 g/mol. The first kappa shape index (κ1) is 18.6. The zero-order valence-corrected chi connectivity index (χ0v) is 18.0. The second kappa shape index (κ2) is 6.84. The fourth-order valence-electron chi connectivity index (χ4n) is 5.52. The molecule has 3 aromatic rings. The Labute approximate surface area is 173 Å². The van der Waals surface area contributed by atoms with Crippen molar-refractivity contribution in [3.05, 3.63) is 53.6 Å². The van der Waals surface area contributed by atoms with E-state index in [2.05, 4.69) is 76.6 Å². The molecule has 0 bridgehead atoms. The van der Waals surface area contributed by atoms with Gasteiger partial charge in [-0.15, -0.1) is 0 Å². The predicted octanol–water partition coefficient (Wildman–Crippen LogP) is 4.25. The van der Waals surface area contributed by atoms with E-state index in [1.807, 2.05) is 6.92 Å². The Balaban J connectivity index is 1.33. The zero-order chi connectivity index (χ0) is 20.2. The van der Waals surface area contributed by atoms with Gasteiger partial charge in [-0.25, -0.2) is 9.97 Å². The fourth-order valence-corrected chi connectivity index (χ4v) is 5.52. The average molecular weight is 390 g/mol. The molecule has 5 heteroatoms. The van der Waals surface area contributed by atoms with Crippen LogP contribution < -0.4 is 4.90 Å². The van der Waals surface area contributed by atoms with Crippen LogP contribution in [0.3, 0.4) is 0 Å². The Hall–Kier alpha value is -2.40. The number of fused-ring (bicyclic) bond motifs is 1. The van der Waals surface area contributed by atoms with Crippen LogP contribution in [0.2, 0.25) is 0 Å². The van der Waals surface area contributed by atoms with Crippen molar-refractivity contribution in [2.24, 2.45) is 12.5 Å². The van der Waals surface area contributed by atoms with Gasteiger partial charge in [0.15, 0.2) is 0 Å². The quantitative estimate of drug-likeness (QED) is 0.671. The molecule has 0 saturated carbocycles. The minimum Gasteiger partial charge on any atom is -0.356 e. The van der Waals surface area contributed by atoms with Gasteiger partial charge in [-0.2, -0.15) is 0 Å². The number of anilines is 1. The third kappa shape index (κ3) is 3.21. The van der Waals surface area contributed by atoms with Crippen LogP contribution in [0.1, 0.15) is 43.0 Å². The highest BCUT2D eigenvalue weighted by molar-refractivity contribution is 5.81. The summed E-state index contributed by atoms with van der Waals surface area (Å²) in [4.78, 5) is 14.3. The predicted molar refractivity (Wildman–Crippen MR) is 118 cm³/mol. The molecule has 5 nitrogen and oxygen atoms in total. The van der Waals surface area contributed by atoms with Crippen LogP contribution in [0.15, 0.2) is 36.4 Å². The molecule has 2 atom stereocenters. The van der Waals surface area contributed by atoms with Gasteiger partial charge in [-0.05, 0) is 57.7 Å². The van der Waals surface area contributed by atoms with Crippen molar-refractivity contribution in [3.63, 3.8) is 0 Å². The van der Waals surface area contributed by atoms with Crippen LogP contribution in [0.25, 0.3) is 10.9 Å². The van der Waals surface area contributed by atoms with Crippen molar-refractivity contribution < 1.29 is 0 Å². The number of rotatable bonds is 3. The van der Waals surface area contributed by atoms with E-state index >= 15 is 0 Å². The minimum atomic E-state index is 0.394. The number of nitrogens with zero attached hydrogens (tertiary/aromatic N) is 5. The molecule has 1 spiro atoms. The summed E-state index contributed by atoms with van der Waals surface area (Å²) in [5, 5.41) is 1.34. The van der Waals surface area contributed by atoms with E-state index in [4.69, 9.17) is 4.98 Å². The van der Waals surface area contributed by atoms with Gasteiger partial charge >= 0.3 is 0 Å². The standard InChI is InChI=1S/C24H31N5/c1-17-13-23(26-19(3)25-17)29-12-10-24(16-29)9-11-28(15-24)18(2)22-14-20-7-5-6-8-21(20)27(22)4/h5-8,13-14,18H,9-12,15-16H2,1-4H3. The summed E-state index contributed by atoms with van der Waals surface area (Å²) >= 11 is 0. The van der Waals surface area contributed by atoms with E-state index < -0.39 is 0 Å². The summed E-state index contributed by atoms with van der Waals surface area (Å²) in [5.41, 5.74) is 4.20. The highest BCUT2D eigenvalue weighted by atomic mass is 15.3. The van der Waals surface area contributed by atoms with Gasteiger partial charge in [0.25, 0.3) is 0 Å². The Morgan fingerprint density at radius 2 is 1.79 bits per heavy atom. The molecule has 0 radical (unpaired) electrons. The zero-order valence-electron chi connectivity index (χ0n) is 18.0. The lowest BCUT2D eigenvalue weighted by molar-refractivity contribution is 0.219. The van der Waals surface area contributed by atoms with Crippen molar-refractivity contribution >= 4 is 16.7 Å². The van der Waals surface area contributed by atoms with Crippen LogP contribution in [-0.4, -0.2) is 45.6 Å². The molecule has 29 heavy (non-hydrogen) atoms. The molecule has 2 fully saturated rings. The maximum Gasteiger partial charge on any atom is 0.132 e. The molecule has 0 amide bonds. The Bertz CT molecular complexity index is 1030. The van der Waals surface area contributed by atoms with Gasteiger partial charge < -0.3 is 9.47 Å². The molecule has 1 aromatic carbocycles. The molecule has 0 aliphatic carbocycles. The summed E-state index contributed by atoms with van der Waals surface area (Å²) in [6.45, 7) is 11.0. The van der Waals surface area contributed by atoms with Gasteiger partial charge in [0.05, 0.1) is 0 Å². The SMILES string of the molecule is Cc1cc(N2CCC3(CCN(C(C)c4cc5ccccc5n4C)C3)C2)nc(C)n1. The summed E-state index contributed by atoms with van der Waals surface area (Å²) in [6, 6.07) is 13.6. The molecule has 152 valence electrons. The van der Waals surface area contributed by atoms with Crippen LogP contribution in [0, 0.1) is 19.3 Å². The van der Waals surface area contributed by atoms with E-state index in [0.717, 1.165) is 30.4 Å². The fraction of sp³-hybridized carbons (Fsp3) is 0.500. The van der Waals surface area contributed by atoms with E-state index in [0.29, 0.717) is 11.5 Å². The molecule has 5 rings (SSSR count). The van der Waals surface area contributed by atoms with Gasteiger partial charge in [0.1, 0.15) is 11.6 Å². The second-order valence-electron chi connectivity index (χ2n) is 9.17. The lowest BCUT2D eigenvalue weighted by atomic mass is 9.86. The first-order chi connectivity index (χ1) is 13.9. The highest BCUT2D eigenvalue weighted by Gasteiger charge is 2.45. The number of aryl methyl sites for hydroxylation is 3. The first-order valence-electron chi connectivity index (χ1n) is 10.8. The van der Waals surface area contributed by atoms with E-state index in [1.165, 1.54) is 42.5 Å². The highest BCUT2D eigenvalue weighted by Crippen LogP contribution is 2.43. The number of benzene rings is 1. The number of hydrogen-bond acceptors (Lipinski definition) is 4. The molecule has 0 N–H and O–H groups in total. The molecular weight excluding hydrogens is 358 g/mol. The van der Waals surface area contributed by atoms with E-state index in [1.54, 1.807) is 0 Å². The molecule has 2 unspecified atom stereocenters. The van der Waals surface area contributed by atoms with Crippen LogP contribution >= 0.6 is 0 Å². The summed E-state index contributed by atoms with van der Waals surface area (Å²) in [7, 11) is 2.21. The summed E-state index contributed by atoms with van der Waals surface area (Å²) in [6.07, 6.45) is 2.54. The Morgan fingerprint density at radius 1 is 1.00 bits per heavy atom. The summed E-state index contributed by atoms with van der Waals surface area (Å²) < 4.78 is 2.37. The normalized spacial score (nSPS) is 23.5. The van der Waals surface area contributed by atoms with Crippen LogP contribution in [0.4, 0.5) is 5.82 Å². The van der Waals surface area contributed by atoms with E-state index in [9.17, 15) is 0 Å². The van der Waals surface area contributed by atoms with Crippen molar-refractivity contribution in [1.82, 2.24) is 19.4 Å². The molecule has 4 heterocycles. The minimum absolute atomic E-state index is 0.394. The number of likely N-dealkylation sites (tertiary alicyclic amines) is 1. The lowest BCUT2D eigenvalue weighted by Gasteiger charge is -2.29. The van der Waals surface area contributed by atoms with Gasteiger partial charge in [0, 0.05) is 61.1 Å². The number of hydrogen-bond donors (Lipinski definition) is 0. The average Bonchev–Trinajstić information content (AvgIpc) is 3.40. The Morgan fingerprint density at radius 3 is 2.59 bits per heavy atom. The van der Waals surface area contributed by atoms with Gasteiger partial charge in [-0.3, -0.25) is 4.90 Å². The van der Waals surface area contributed by atoms with Gasteiger partial charge in [-0.1, -0.05) is 18.2 Å². The van der Waals surface area contributed by atoms with Crippen molar-refractivity contribution in [2.45, 2.75) is 39.7 Å². The molecule has 2 aromatic heterocycles. The van der Waals surface area contributed by atoms with Crippen molar-refractivity contribution in [2.75, 3.05) is 31.1 Å². The summed E-state index contributed by atoms with van der Waals surface area (Å²) in [5.74, 6) is 1.98. The third-order valence-electron chi connectivity index (χ3n) is 7.15. The second-order valence-corrected chi connectivity index (χ2v) is 9.17. The number of para-hydroxylation sites is 1. The molecule has 2 saturated heterocycles. The Kier molecular flexibility index (Phi) is 4.39. The van der Waals surface area contributed by atoms with E-state index in [-0.39, 0.29) is 0 Å².